The zero-order chi connectivity index (χ0) is 21.2. The van der Waals surface area contributed by atoms with Crippen LogP contribution < -0.4 is 15.4 Å². The molecule has 2 amide bonds. The third-order valence-corrected chi connectivity index (χ3v) is 4.12. The summed E-state index contributed by atoms with van der Waals surface area (Å²) in [5.41, 5.74) is 1.82. The first-order chi connectivity index (χ1) is 13.9. The number of benzene rings is 2. The van der Waals surface area contributed by atoms with E-state index in [-0.39, 0.29) is 19.1 Å². The summed E-state index contributed by atoms with van der Waals surface area (Å²) in [6.07, 6.45) is 0.314. The smallest absolute Gasteiger partial charge is 0.326 e. The molecule has 0 aliphatic rings. The van der Waals surface area contributed by atoms with Gasteiger partial charge in [-0.1, -0.05) is 62.4 Å². The highest BCUT2D eigenvalue weighted by atomic mass is 16.5. The van der Waals surface area contributed by atoms with E-state index < -0.39 is 23.8 Å². The zero-order valence-corrected chi connectivity index (χ0v) is 16.6. The lowest BCUT2D eigenvalue weighted by atomic mass is 10.0. The van der Waals surface area contributed by atoms with Crippen molar-refractivity contribution in [3.8, 4) is 16.9 Å². The predicted molar refractivity (Wildman–Crippen MR) is 109 cm³/mol. The summed E-state index contributed by atoms with van der Waals surface area (Å²) in [6.45, 7) is 3.17. The molecule has 2 aromatic carbocycles. The second-order valence-electron chi connectivity index (χ2n) is 7.02. The lowest BCUT2D eigenvalue weighted by molar-refractivity contribution is -0.142. The van der Waals surface area contributed by atoms with Gasteiger partial charge in [-0.3, -0.25) is 9.59 Å². The average molecular weight is 398 g/mol. The van der Waals surface area contributed by atoms with Gasteiger partial charge in [0, 0.05) is 5.56 Å². The molecular formula is C22H26N2O5. The van der Waals surface area contributed by atoms with E-state index in [0.29, 0.717) is 12.2 Å². The van der Waals surface area contributed by atoms with E-state index in [9.17, 15) is 14.4 Å². The number of carboxylic acids is 1. The molecule has 0 radical (unpaired) electrons. The van der Waals surface area contributed by atoms with Crippen molar-refractivity contribution in [2.24, 2.45) is 5.92 Å². The Balaban J connectivity index is 1.85. The minimum Gasteiger partial charge on any atom is -0.483 e. The van der Waals surface area contributed by atoms with Gasteiger partial charge in [-0.05, 0) is 24.0 Å². The maximum absolute atomic E-state index is 12.0. The van der Waals surface area contributed by atoms with Gasteiger partial charge in [-0.25, -0.2) is 4.79 Å². The largest absolute Gasteiger partial charge is 0.483 e. The first-order valence-corrected chi connectivity index (χ1v) is 9.43. The number of amides is 2. The standard InChI is InChI=1S/C22H26N2O5/c1-15(2)12-18(22(27)28)24-20(25)13-23-21(26)14-29-19-11-7-6-10-17(19)16-8-4-3-5-9-16/h3-11,15,18H,12-14H2,1-2H3,(H,23,26)(H,24,25)(H,27,28)/t18-/m0/s1. The van der Waals surface area contributed by atoms with Crippen LogP contribution in [0, 0.1) is 5.92 Å². The Morgan fingerprint density at radius 1 is 0.966 bits per heavy atom. The van der Waals surface area contributed by atoms with Crippen molar-refractivity contribution in [1.29, 1.82) is 0 Å². The van der Waals surface area contributed by atoms with Crippen molar-refractivity contribution in [2.45, 2.75) is 26.3 Å². The maximum Gasteiger partial charge on any atom is 0.326 e. The predicted octanol–water partition coefficient (Wildman–Crippen LogP) is 2.46. The van der Waals surface area contributed by atoms with Crippen LogP contribution in [-0.2, 0) is 14.4 Å². The Labute approximate surface area is 170 Å². The second kappa shape index (κ2) is 10.8. The Kier molecular flexibility index (Phi) is 8.21. The van der Waals surface area contributed by atoms with Gasteiger partial charge in [0.15, 0.2) is 6.61 Å². The lowest BCUT2D eigenvalue weighted by Gasteiger charge is -2.16. The molecule has 0 aromatic heterocycles. The molecule has 0 saturated carbocycles. The quantitative estimate of drug-likeness (QED) is 0.570. The van der Waals surface area contributed by atoms with Gasteiger partial charge >= 0.3 is 5.97 Å². The first kappa shape index (κ1) is 21.9. The molecule has 0 fully saturated rings. The minimum atomic E-state index is -1.10. The molecule has 0 spiro atoms. The molecule has 1 atom stereocenters. The fourth-order valence-electron chi connectivity index (χ4n) is 2.76. The van der Waals surface area contributed by atoms with Crippen LogP contribution in [0.3, 0.4) is 0 Å². The number of rotatable bonds is 10. The number of nitrogens with one attached hydrogen (secondary N) is 2. The molecule has 2 rings (SSSR count). The molecule has 0 heterocycles. The number of para-hydroxylation sites is 1. The fraction of sp³-hybridized carbons (Fsp3) is 0.318. The Morgan fingerprint density at radius 2 is 1.62 bits per heavy atom. The molecule has 2 aromatic rings. The highest BCUT2D eigenvalue weighted by Gasteiger charge is 2.21. The van der Waals surface area contributed by atoms with Crippen molar-refractivity contribution >= 4 is 17.8 Å². The van der Waals surface area contributed by atoms with Crippen molar-refractivity contribution in [3.05, 3.63) is 54.6 Å². The summed E-state index contributed by atoms with van der Waals surface area (Å²) in [5.74, 6) is -1.46. The van der Waals surface area contributed by atoms with Gasteiger partial charge in [0.25, 0.3) is 5.91 Å². The van der Waals surface area contributed by atoms with E-state index in [4.69, 9.17) is 9.84 Å². The van der Waals surface area contributed by atoms with E-state index in [1.165, 1.54) is 0 Å². The van der Waals surface area contributed by atoms with Gasteiger partial charge in [0.05, 0.1) is 6.54 Å². The van der Waals surface area contributed by atoms with Crippen LogP contribution >= 0.6 is 0 Å². The summed E-state index contributed by atoms with van der Waals surface area (Å²) < 4.78 is 5.62. The molecule has 29 heavy (non-hydrogen) atoms. The summed E-state index contributed by atoms with van der Waals surface area (Å²) in [5, 5.41) is 14.0. The van der Waals surface area contributed by atoms with E-state index in [2.05, 4.69) is 10.6 Å². The first-order valence-electron chi connectivity index (χ1n) is 9.43. The lowest BCUT2D eigenvalue weighted by Crippen LogP contribution is -2.46. The van der Waals surface area contributed by atoms with Crippen molar-refractivity contribution in [3.63, 3.8) is 0 Å². The van der Waals surface area contributed by atoms with Crippen LogP contribution in [0.25, 0.3) is 11.1 Å². The molecule has 7 nitrogen and oxygen atoms in total. The van der Waals surface area contributed by atoms with Crippen LogP contribution in [0.5, 0.6) is 5.75 Å². The van der Waals surface area contributed by atoms with Crippen molar-refractivity contribution in [2.75, 3.05) is 13.2 Å². The highest BCUT2D eigenvalue weighted by molar-refractivity contribution is 5.88. The van der Waals surface area contributed by atoms with Crippen LogP contribution in [0.15, 0.2) is 54.6 Å². The third kappa shape index (κ3) is 7.29. The van der Waals surface area contributed by atoms with Gasteiger partial charge in [0.1, 0.15) is 11.8 Å². The number of aliphatic carboxylic acids is 1. The Morgan fingerprint density at radius 3 is 2.28 bits per heavy atom. The molecular weight excluding hydrogens is 372 g/mol. The average Bonchev–Trinajstić information content (AvgIpc) is 2.70. The molecule has 7 heteroatoms. The highest BCUT2D eigenvalue weighted by Crippen LogP contribution is 2.29. The third-order valence-electron chi connectivity index (χ3n) is 4.12. The van der Waals surface area contributed by atoms with Crippen molar-refractivity contribution < 1.29 is 24.2 Å². The van der Waals surface area contributed by atoms with E-state index in [1.807, 2.05) is 62.4 Å². The zero-order valence-electron chi connectivity index (χ0n) is 16.6. The molecule has 0 aliphatic heterocycles. The van der Waals surface area contributed by atoms with E-state index >= 15 is 0 Å². The number of carboxylic acid groups (broad SMARTS) is 1. The maximum atomic E-state index is 12.0. The SMILES string of the molecule is CC(C)C[C@H](NC(=O)CNC(=O)COc1ccccc1-c1ccccc1)C(=O)O. The molecule has 0 bridgehead atoms. The summed E-state index contributed by atoms with van der Waals surface area (Å²) in [4.78, 5) is 35.2. The van der Waals surface area contributed by atoms with E-state index in [0.717, 1.165) is 11.1 Å². The summed E-state index contributed by atoms with van der Waals surface area (Å²) in [7, 11) is 0. The second-order valence-corrected chi connectivity index (χ2v) is 7.02. The van der Waals surface area contributed by atoms with Gasteiger partial charge in [0.2, 0.25) is 5.91 Å². The minimum absolute atomic E-state index is 0.115. The fourth-order valence-corrected chi connectivity index (χ4v) is 2.76. The van der Waals surface area contributed by atoms with Crippen molar-refractivity contribution in [1.82, 2.24) is 10.6 Å². The van der Waals surface area contributed by atoms with Crippen LogP contribution in [0.2, 0.25) is 0 Å². The summed E-state index contributed by atoms with van der Waals surface area (Å²) >= 11 is 0. The van der Waals surface area contributed by atoms with Gasteiger partial charge < -0.3 is 20.5 Å². The van der Waals surface area contributed by atoms with Crippen LogP contribution in [0.1, 0.15) is 20.3 Å². The Hall–Kier alpha value is -3.35. The van der Waals surface area contributed by atoms with Gasteiger partial charge in [-0.15, -0.1) is 0 Å². The molecule has 0 aliphatic carbocycles. The topological polar surface area (TPSA) is 105 Å². The number of hydrogen-bond acceptors (Lipinski definition) is 4. The summed E-state index contributed by atoms with van der Waals surface area (Å²) in [6, 6.07) is 16.0. The Bertz CT molecular complexity index is 836. The van der Waals surface area contributed by atoms with Gasteiger partial charge in [-0.2, -0.15) is 0 Å². The molecule has 154 valence electrons. The van der Waals surface area contributed by atoms with Crippen LogP contribution in [-0.4, -0.2) is 42.1 Å². The number of hydrogen-bond donors (Lipinski definition) is 3. The number of ether oxygens (including phenoxy) is 1. The number of carbonyl (C=O) groups is 3. The molecule has 0 saturated heterocycles. The molecule has 0 unspecified atom stereocenters. The normalized spacial score (nSPS) is 11.6. The van der Waals surface area contributed by atoms with Crippen LogP contribution in [0.4, 0.5) is 0 Å². The van der Waals surface area contributed by atoms with E-state index in [1.54, 1.807) is 6.07 Å². The monoisotopic (exact) mass is 398 g/mol. The number of carbonyl (C=O) groups excluding carboxylic acids is 2. The molecule has 3 N–H and O–H groups in total.